The molecule has 1 rings (SSSR count). The van der Waals surface area contributed by atoms with Gasteiger partial charge in [0.25, 0.3) is 6.43 Å². The topological polar surface area (TPSA) is 55.5 Å². The van der Waals surface area contributed by atoms with Crippen molar-refractivity contribution in [3.63, 3.8) is 0 Å². The van der Waals surface area contributed by atoms with Crippen LogP contribution in [0.15, 0.2) is 9.59 Å². The van der Waals surface area contributed by atoms with E-state index in [1.165, 1.54) is 20.8 Å². The van der Waals surface area contributed by atoms with Crippen LogP contribution in [0.25, 0.3) is 0 Å². The Labute approximate surface area is 79.3 Å². The first-order valence-corrected chi connectivity index (χ1v) is 3.99. The number of alkyl halides is 2. The fraction of sp³-hybridized carbons (Fsp3) is 0.625. The third kappa shape index (κ3) is 1.78. The Bertz CT molecular complexity index is 347. The Morgan fingerprint density at radius 2 is 2.07 bits per heavy atom. The quantitative estimate of drug-likeness (QED) is 0.711. The number of aryl methyl sites for hydroxylation is 1. The second-order valence-electron chi connectivity index (χ2n) is 3.41. The fourth-order valence-electron chi connectivity index (χ4n) is 0.911. The summed E-state index contributed by atoms with van der Waals surface area (Å²) in [5.41, 5.74) is -1.64. The van der Waals surface area contributed by atoms with E-state index in [-0.39, 0.29) is 11.7 Å². The number of nitrogens with zero attached hydrogens (tertiary/aromatic N) is 2. The van der Waals surface area contributed by atoms with Crippen molar-refractivity contribution in [1.82, 2.24) is 4.98 Å². The van der Waals surface area contributed by atoms with Gasteiger partial charge in [0.1, 0.15) is 11.5 Å². The molecule has 0 spiro atoms. The summed E-state index contributed by atoms with van der Waals surface area (Å²) in [5, 5.41) is 2.75. The number of hydrogen-bond acceptors (Lipinski definition) is 4. The van der Waals surface area contributed by atoms with Gasteiger partial charge in [0.2, 0.25) is 5.89 Å². The SMILES string of the molecule is Cc1oc(C(C)(C)N=O)nc1C(F)F. The monoisotopic (exact) mass is 204 g/mol. The molecule has 0 saturated heterocycles. The maximum Gasteiger partial charge on any atom is 0.283 e. The van der Waals surface area contributed by atoms with Crippen molar-refractivity contribution in [1.29, 1.82) is 0 Å². The molecule has 0 atom stereocenters. The highest BCUT2D eigenvalue weighted by molar-refractivity contribution is 5.13. The molecule has 0 aromatic carbocycles. The first-order chi connectivity index (χ1) is 6.38. The van der Waals surface area contributed by atoms with Crippen LogP contribution in [0.3, 0.4) is 0 Å². The predicted octanol–water partition coefficient (Wildman–Crippen LogP) is 2.92. The lowest BCUT2D eigenvalue weighted by molar-refractivity contribution is 0.144. The van der Waals surface area contributed by atoms with Crippen LogP contribution in [-0.2, 0) is 5.54 Å². The summed E-state index contributed by atoms with van der Waals surface area (Å²) in [6, 6.07) is 0. The van der Waals surface area contributed by atoms with Crippen LogP contribution in [0, 0.1) is 11.8 Å². The third-order valence-electron chi connectivity index (χ3n) is 1.79. The molecule has 4 nitrogen and oxygen atoms in total. The second kappa shape index (κ2) is 3.43. The van der Waals surface area contributed by atoms with Crippen LogP contribution < -0.4 is 0 Å². The minimum absolute atomic E-state index is 0.0201. The van der Waals surface area contributed by atoms with Gasteiger partial charge in [-0.05, 0) is 20.8 Å². The Kier molecular flexibility index (Phi) is 2.64. The highest BCUT2D eigenvalue weighted by Crippen LogP contribution is 2.29. The van der Waals surface area contributed by atoms with Gasteiger partial charge >= 0.3 is 0 Å². The lowest BCUT2D eigenvalue weighted by Crippen LogP contribution is -2.13. The largest absolute Gasteiger partial charge is 0.443 e. The zero-order chi connectivity index (χ0) is 10.9. The van der Waals surface area contributed by atoms with Crippen molar-refractivity contribution in [2.75, 3.05) is 0 Å². The predicted molar refractivity (Wildman–Crippen MR) is 45.0 cm³/mol. The van der Waals surface area contributed by atoms with Crippen molar-refractivity contribution < 1.29 is 13.2 Å². The molecule has 0 aliphatic carbocycles. The minimum Gasteiger partial charge on any atom is -0.443 e. The number of oxazole rings is 1. The first-order valence-electron chi connectivity index (χ1n) is 3.99. The molecule has 0 saturated carbocycles. The molecule has 1 aromatic rings. The van der Waals surface area contributed by atoms with Gasteiger partial charge in [0.15, 0.2) is 5.54 Å². The fourth-order valence-corrected chi connectivity index (χ4v) is 0.911. The molecule has 0 aliphatic heterocycles. The van der Waals surface area contributed by atoms with Gasteiger partial charge < -0.3 is 4.42 Å². The lowest BCUT2D eigenvalue weighted by atomic mass is 10.1. The maximum atomic E-state index is 12.3. The molecule has 0 unspecified atom stereocenters. The third-order valence-corrected chi connectivity index (χ3v) is 1.79. The van der Waals surface area contributed by atoms with Crippen LogP contribution >= 0.6 is 0 Å². The molecule has 0 bridgehead atoms. The molecule has 0 fully saturated rings. The van der Waals surface area contributed by atoms with E-state index in [1.807, 2.05) is 0 Å². The number of rotatable bonds is 3. The maximum absolute atomic E-state index is 12.3. The molecule has 1 aromatic heterocycles. The second-order valence-corrected chi connectivity index (χ2v) is 3.41. The van der Waals surface area contributed by atoms with E-state index in [4.69, 9.17) is 4.42 Å². The zero-order valence-corrected chi connectivity index (χ0v) is 8.04. The van der Waals surface area contributed by atoms with Crippen molar-refractivity contribution in [3.05, 3.63) is 22.3 Å². The normalized spacial score (nSPS) is 12.1. The Hall–Kier alpha value is -1.33. The molecule has 0 N–H and O–H groups in total. The van der Waals surface area contributed by atoms with Crippen LogP contribution in [0.1, 0.15) is 37.6 Å². The Balaban J connectivity index is 3.14. The van der Waals surface area contributed by atoms with Crippen molar-refractivity contribution in [2.45, 2.75) is 32.7 Å². The standard InChI is InChI=1S/C8H10F2N2O2/c1-4-5(6(9)10)11-7(14-4)8(2,3)12-13/h6H,1-3H3. The zero-order valence-electron chi connectivity index (χ0n) is 8.04. The first kappa shape index (κ1) is 10.7. The summed E-state index contributed by atoms with van der Waals surface area (Å²) in [5.74, 6) is -0.0629. The number of halogens is 2. The van der Waals surface area contributed by atoms with Gasteiger partial charge in [-0.15, -0.1) is 4.91 Å². The van der Waals surface area contributed by atoms with E-state index in [9.17, 15) is 13.7 Å². The smallest absolute Gasteiger partial charge is 0.283 e. The summed E-state index contributed by atoms with van der Waals surface area (Å²) in [4.78, 5) is 13.9. The highest BCUT2D eigenvalue weighted by Gasteiger charge is 2.30. The average molecular weight is 204 g/mol. The number of hydrogen-bond donors (Lipinski definition) is 0. The molecular weight excluding hydrogens is 194 g/mol. The molecular formula is C8H10F2N2O2. The van der Waals surface area contributed by atoms with E-state index >= 15 is 0 Å². The van der Waals surface area contributed by atoms with Gasteiger partial charge in [-0.25, -0.2) is 13.8 Å². The van der Waals surface area contributed by atoms with E-state index < -0.39 is 17.7 Å². The Morgan fingerprint density at radius 1 is 1.50 bits per heavy atom. The number of nitroso groups, excluding NO2 is 1. The lowest BCUT2D eigenvalue weighted by Gasteiger charge is -2.08. The molecule has 14 heavy (non-hydrogen) atoms. The van der Waals surface area contributed by atoms with Gasteiger partial charge in [-0.1, -0.05) is 5.18 Å². The van der Waals surface area contributed by atoms with Crippen molar-refractivity contribution >= 4 is 0 Å². The molecule has 0 amide bonds. The average Bonchev–Trinajstić information content (AvgIpc) is 2.48. The highest BCUT2D eigenvalue weighted by atomic mass is 19.3. The summed E-state index contributed by atoms with van der Waals surface area (Å²) >= 11 is 0. The summed E-state index contributed by atoms with van der Waals surface area (Å²) in [6.07, 6.45) is -2.70. The van der Waals surface area contributed by atoms with Crippen LogP contribution in [0.5, 0.6) is 0 Å². The van der Waals surface area contributed by atoms with E-state index in [2.05, 4.69) is 10.2 Å². The minimum atomic E-state index is -2.70. The van der Waals surface area contributed by atoms with Gasteiger partial charge in [-0.3, -0.25) is 0 Å². The van der Waals surface area contributed by atoms with E-state index in [0.29, 0.717) is 0 Å². The van der Waals surface area contributed by atoms with E-state index in [0.717, 1.165) is 0 Å². The van der Waals surface area contributed by atoms with Crippen LogP contribution in [-0.4, -0.2) is 4.98 Å². The summed E-state index contributed by atoms with van der Waals surface area (Å²) in [6.45, 7) is 4.26. The van der Waals surface area contributed by atoms with Gasteiger partial charge in [0, 0.05) is 0 Å². The van der Waals surface area contributed by atoms with E-state index in [1.54, 1.807) is 0 Å². The van der Waals surface area contributed by atoms with Crippen molar-refractivity contribution in [3.8, 4) is 0 Å². The van der Waals surface area contributed by atoms with Crippen LogP contribution in [0.2, 0.25) is 0 Å². The molecule has 0 aliphatic rings. The summed E-state index contributed by atoms with van der Waals surface area (Å²) in [7, 11) is 0. The summed E-state index contributed by atoms with van der Waals surface area (Å²) < 4.78 is 29.6. The van der Waals surface area contributed by atoms with Crippen molar-refractivity contribution in [2.24, 2.45) is 5.18 Å². The van der Waals surface area contributed by atoms with Crippen LogP contribution in [0.4, 0.5) is 8.78 Å². The number of aromatic nitrogens is 1. The van der Waals surface area contributed by atoms with Gasteiger partial charge in [-0.2, -0.15) is 0 Å². The molecule has 0 radical (unpaired) electrons. The molecule has 1 heterocycles. The molecule has 6 heteroatoms. The molecule has 78 valence electrons. The Morgan fingerprint density at radius 3 is 2.43 bits per heavy atom. The van der Waals surface area contributed by atoms with Gasteiger partial charge in [0.05, 0.1) is 0 Å².